The van der Waals surface area contributed by atoms with E-state index >= 15 is 0 Å². The highest BCUT2D eigenvalue weighted by atomic mass is 16.5. The van der Waals surface area contributed by atoms with Crippen LogP contribution in [0.1, 0.15) is 12.5 Å². The minimum atomic E-state index is -0.615. The van der Waals surface area contributed by atoms with Crippen LogP contribution in [0.15, 0.2) is 30.3 Å². The summed E-state index contributed by atoms with van der Waals surface area (Å²) in [7, 11) is 5.20. The van der Waals surface area contributed by atoms with E-state index in [0.717, 1.165) is 5.56 Å². The summed E-state index contributed by atoms with van der Waals surface area (Å²) >= 11 is 0. The first kappa shape index (κ1) is 12.7. The van der Waals surface area contributed by atoms with Gasteiger partial charge in [0.15, 0.2) is 0 Å². The number of esters is 1. The summed E-state index contributed by atoms with van der Waals surface area (Å²) in [5.74, 6) is -0.207. The van der Waals surface area contributed by atoms with Crippen molar-refractivity contribution < 1.29 is 9.53 Å². The predicted octanol–water partition coefficient (Wildman–Crippen LogP) is 1.72. The zero-order valence-electron chi connectivity index (χ0n) is 10.4. The van der Waals surface area contributed by atoms with E-state index in [1.165, 1.54) is 7.11 Å². The molecule has 16 heavy (non-hydrogen) atoms. The highest BCUT2D eigenvalue weighted by Gasteiger charge is 2.36. The maximum atomic E-state index is 11.8. The third-order valence-corrected chi connectivity index (χ3v) is 3.00. The molecule has 3 nitrogen and oxygen atoms in total. The molecule has 1 rings (SSSR count). The summed E-state index contributed by atoms with van der Waals surface area (Å²) in [6, 6.07) is 9.95. The summed E-state index contributed by atoms with van der Waals surface area (Å²) in [4.78, 5) is 13.7. The molecule has 0 fully saturated rings. The molecule has 0 amide bonds. The number of hydrogen-bond acceptors (Lipinski definition) is 3. The normalized spacial score (nSPS) is 14.6. The summed E-state index contributed by atoms with van der Waals surface area (Å²) in [6.45, 7) is 1.89. The van der Waals surface area contributed by atoms with Gasteiger partial charge in [0.1, 0.15) is 5.54 Å². The van der Waals surface area contributed by atoms with Crippen molar-refractivity contribution in [1.29, 1.82) is 0 Å². The van der Waals surface area contributed by atoms with E-state index in [0.29, 0.717) is 6.42 Å². The van der Waals surface area contributed by atoms with Crippen LogP contribution >= 0.6 is 0 Å². The molecule has 88 valence electrons. The molecular weight excluding hydrogens is 202 g/mol. The number of nitrogens with zero attached hydrogens (tertiary/aromatic N) is 1. The van der Waals surface area contributed by atoms with Gasteiger partial charge < -0.3 is 4.74 Å². The van der Waals surface area contributed by atoms with Gasteiger partial charge in [0.25, 0.3) is 0 Å². The first-order chi connectivity index (χ1) is 7.50. The smallest absolute Gasteiger partial charge is 0.326 e. The van der Waals surface area contributed by atoms with Gasteiger partial charge in [0, 0.05) is 6.42 Å². The Labute approximate surface area is 97.0 Å². The molecule has 0 heterocycles. The summed E-state index contributed by atoms with van der Waals surface area (Å²) in [5.41, 5.74) is 0.514. The van der Waals surface area contributed by atoms with Gasteiger partial charge >= 0.3 is 5.97 Å². The van der Waals surface area contributed by atoms with Crippen molar-refractivity contribution >= 4 is 5.97 Å². The lowest BCUT2D eigenvalue weighted by Gasteiger charge is -2.33. The Kier molecular flexibility index (Phi) is 4.07. The highest BCUT2D eigenvalue weighted by molar-refractivity contribution is 5.80. The maximum Gasteiger partial charge on any atom is 0.326 e. The second-order valence-electron chi connectivity index (χ2n) is 4.32. The van der Waals surface area contributed by atoms with Gasteiger partial charge in [-0.2, -0.15) is 0 Å². The van der Waals surface area contributed by atoms with E-state index in [1.807, 2.05) is 56.3 Å². The minimum Gasteiger partial charge on any atom is -0.468 e. The third-order valence-electron chi connectivity index (χ3n) is 3.00. The largest absolute Gasteiger partial charge is 0.468 e. The maximum absolute atomic E-state index is 11.8. The van der Waals surface area contributed by atoms with Crippen molar-refractivity contribution in [3.63, 3.8) is 0 Å². The van der Waals surface area contributed by atoms with Crippen LogP contribution in [0, 0.1) is 0 Å². The van der Waals surface area contributed by atoms with Crippen molar-refractivity contribution in [3.8, 4) is 0 Å². The lowest BCUT2D eigenvalue weighted by Crippen LogP contribution is -2.51. The van der Waals surface area contributed by atoms with E-state index in [9.17, 15) is 4.79 Å². The number of carbonyl (C=O) groups is 1. The van der Waals surface area contributed by atoms with Gasteiger partial charge in [-0.3, -0.25) is 9.69 Å². The predicted molar refractivity (Wildman–Crippen MR) is 64.3 cm³/mol. The van der Waals surface area contributed by atoms with Crippen molar-refractivity contribution in [2.75, 3.05) is 21.2 Å². The average Bonchev–Trinajstić information content (AvgIpc) is 2.28. The molecule has 0 aromatic heterocycles. The topological polar surface area (TPSA) is 29.5 Å². The van der Waals surface area contributed by atoms with E-state index in [-0.39, 0.29) is 5.97 Å². The van der Waals surface area contributed by atoms with E-state index in [1.54, 1.807) is 0 Å². The molecule has 0 N–H and O–H groups in total. The Morgan fingerprint density at radius 3 is 2.31 bits per heavy atom. The Morgan fingerprint density at radius 1 is 1.31 bits per heavy atom. The second-order valence-corrected chi connectivity index (χ2v) is 4.32. The molecule has 1 aromatic carbocycles. The minimum absolute atomic E-state index is 0.207. The standard InChI is InChI=1S/C13H19NO2/c1-13(14(2)3,12(15)16-4)10-11-8-6-5-7-9-11/h5-9H,10H2,1-4H3. The fourth-order valence-corrected chi connectivity index (χ4v) is 1.63. The summed E-state index contributed by atoms with van der Waals surface area (Å²) < 4.78 is 4.87. The van der Waals surface area contributed by atoms with E-state index in [4.69, 9.17) is 4.74 Å². The highest BCUT2D eigenvalue weighted by Crippen LogP contribution is 2.19. The van der Waals surface area contributed by atoms with Gasteiger partial charge in [-0.15, -0.1) is 0 Å². The molecule has 1 aromatic rings. The molecule has 0 radical (unpaired) electrons. The van der Waals surface area contributed by atoms with Crippen LogP contribution in [0.4, 0.5) is 0 Å². The molecule has 1 atom stereocenters. The Bertz CT molecular complexity index is 348. The van der Waals surface area contributed by atoms with Crippen LogP contribution in [-0.2, 0) is 16.0 Å². The molecule has 0 aliphatic rings. The zero-order valence-corrected chi connectivity index (χ0v) is 10.4. The van der Waals surface area contributed by atoms with Crippen LogP contribution in [0.2, 0.25) is 0 Å². The quantitative estimate of drug-likeness (QED) is 0.725. The van der Waals surface area contributed by atoms with Crippen LogP contribution in [0.3, 0.4) is 0 Å². The Morgan fingerprint density at radius 2 is 1.88 bits per heavy atom. The Hall–Kier alpha value is -1.35. The fourth-order valence-electron chi connectivity index (χ4n) is 1.63. The molecule has 0 aliphatic heterocycles. The molecule has 3 heteroatoms. The summed E-state index contributed by atoms with van der Waals surface area (Å²) in [5, 5.41) is 0. The molecule has 0 saturated heterocycles. The van der Waals surface area contributed by atoms with Crippen LogP contribution in [0.25, 0.3) is 0 Å². The SMILES string of the molecule is COC(=O)C(C)(Cc1ccccc1)N(C)C. The Balaban J connectivity index is 2.92. The van der Waals surface area contributed by atoms with Gasteiger partial charge in [-0.25, -0.2) is 0 Å². The first-order valence-electron chi connectivity index (χ1n) is 5.30. The van der Waals surface area contributed by atoms with E-state index in [2.05, 4.69) is 0 Å². The molecule has 0 spiro atoms. The zero-order chi connectivity index (χ0) is 12.2. The number of benzene rings is 1. The van der Waals surface area contributed by atoms with Gasteiger partial charge in [0.05, 0.1) is 7.11 Å². The van der Waals surface area contributed by atoms with Crippen molar-refractivity contribution in [2.45, 2.75) is 18.9 Å². The molecule has 0 saturated carbocycles. The second kappa shape index (κ2) is 5.12. The number of methoxy groups -OCH3 is 1. The lowest BCUT2D eigenvalue weighted by molar-refractivity contribution is -0.152. The van der Waals surface area contributed by atoms with E-state index < -0.39 is 5.54 Å². The first-order valence-corrected chi connectivity index (χ1v) is 5.30. The van der Waals surface area contributed by atoms with Crippen LogP contribution < -0.4 is 0 Å². The van der Waals surface area contributed by atoms with Gasteiger partial charge in [-0.05, 0) is 26.6 Å². The van der Waals surface area contributed by atoms with Crippen molar-refractivity contribution in [2.24, 2.45) is 0 Å². The molecular formula is C13H19NO2. The molecule has 1 unspecified atom stereocenters. The van der Waals surface area contributed by atoms with Crippen molar-refractivity contribution in [1.82, 2.24) is 4.90 Å². The van der Waals surface area contributed by atoms with Crippen LogP contribution in [-0.4, -0.2) is 37.6 Å². The van der Waals surface area contributed by atoms with Crippen molar-refractivity contribution in [3.05, 3.63) is 35.9 Å². The molecule has 0 bridgehead atoms. The number of carbonyl (C=O) groups excluding carboxylic acids is 1. The van der Waals surface area contributed by atoms with Gasteiger partial charge in [-0.1, -0.05) is 30.3 Å². The third kappa shape index (κ3) is 2.61. The lowest BCUT2D eigenvalue weighted by atomic mass is 9.91. The molecule has 0 aliphatic carbocycles. The van der Waals surface area contributed by atoms with Crippen LogP contribution in [0.5, 0.6) is 0 Å². The number of ether oxygens (including phenoxy) is 1. The monoisotopic (exact) mass is 221 g/mol. The fraction of sp³-hybridized carbons (Fsp3) is 0.462. The number of rotatable bonds is 4. The van der Waals surface area contributed by atoms with Gasteiger partial charge in [0.2, 0.25) is 0 Å². The number of hydrogen-bond donors (Lipinski definition) is 0. The number of likely N-dealkylation sites (N-methyl/N-ethyl adjacent to an activating group) is 1. The summed E-state index contributed by atoms with van der Waals surface area (Å²) in [6.07, 6.45) is 0.646. The average molecular weight is 221 g/mol.